The molecule has 0 aliphatic carbocycles. The van der Waals surface area contributed by atoms with E-state index in [-0.39, 0.29) is 11.4 Å². The summed E-state index contributed by atoms with van der Waals surface area (Å²) in [6.45, 7) is 0. The SMILES string of the molecule is COc1ccc(-c2cccc(/C(N)=C(\C#N)NN)c2)c(OC)n1. The molecule has 23 heavy (non-hydrogen) atoms. The average molecular weight is 311 g/mol. The standard InChI is InChI=1S/C16H17N5O2/c1-22-14-7-6-12(16(20-14)23-2)10-4-3-5-11(8-10)15(18)13(9-17)21-19/h3-8,21H,18-19H2,1-2H3/b15-13-. The number of benzene rings is 1. The highest BCUT2D eigenvalue weighted by atomic mass is 16.5. The molecule has 1 aromatic heterocycles. The smallest absolute Gasteiger partial charge is 0.224 e. The fraction of sp³-hybridized carbons (Fsp3) is 0.125. The van der Waals surface area contributed by atoms with Gasteiger partial charge in [0.2, 0.25) is 11.8 Å². The molecular weight excluding hydrogens is 294 g/mol. The maximum absolute atomic E-state index is 9.01. The number of nitrogens with zero attached hydrogens (tertiary/aromatic N) is 2. The lowest BCUT2D eigenvalue weighted by Crippen LogP contribution is -2.23. The van der Waals surface area contributed by atoms with Gasteiger partial charge >= 0.3 is 0 Å². The first-order valence-corrected chi connectivity index (χ1v) is 6.70. The van der Waals surface area contributed by atoms with Crippen molar-refractivity contribution in [2.75, 3.05) is 14.2 Å². The predicted octanol–water partition coefficient (Wildman–Crippen LogP) is 1.38. The van der Waals surface area contributed by atoms with Crippen molar-refractivity contribution in [1.82, 2.24) is 10.4 Å². The van der Waals surface area contributed by atoms with Gasteiger partial charge in [-0.15, -0.1) is 0 Å². The molecule has 7 heteroatoms. The van der Waals surface area contributed by atoms with Gasteiger partial charge in [0.05, 0.1) is 19.9 Å². The number of nitriles is 1. The minimum Gasteiger partial charge on any atom is -0.481 e. The van der Waals surface area contributed by atoms with Crippen LogP contribution in [0.1, 0.15) is 5.56 Å². The van der Waals surface area contributed by atoms with Crippen molar-refractivity contribution >= 4 is 5.70 Å². The van der Waals surface area contributed by atoms with Gasteiger partial charge in [0, 0.05) is 17.2 Å². The zero-order valence-corrected chi connectivity index (χ0v) is 12.8. The Labute approximate surface area is 134 Å². The Kier molecular flexibility index (Phi) is 5.02. The summed E-state index contributed by atoms with van der Waals surface area (Å²) < 4.78 is 10.4. The minimum atomic E-state index is 0.0990. The zero-order valence-electron chi connectivity index (χ0n) is 12.8. The third-order valence-corrected chi connectivity index (χ3v) is 3.25. The van der Waals surface area contributed by atoms with Gasteiger partial charge in [-0.1, -0.05) is 18.2 Å². The molecule has 7 nitrogen and oxygen atoms in total. The number of hydrogen-bond donors (Lipinski definition) is 3. The number of hydrazine groups is 1. The molecule has 0 radical (unpaired) electrons. The Balaban J connectivity index is 2.53. The Morgan fingerprint density at radius 3 is 2.61 bits per heavy atom. The van der Waals surface area contributed by atoms with Crippen LogP contribution < -0.4 is 26.5 Å². The maximum Gasteiger partial charge on any atom is 0.224 e. The maximum atomic E-state index is 9.01. The molecule has 2 aromatic rings. The van der Waals surface area contributed by atoms with Gasteiger partial charge < -0.3 is 20.6 Å². The number of pyridine rings is 1. The van der Waals surface area contributed by atoms with Crippen molar-refractivity contribution in [1.29, 1.82) is 5.26 Å². The van der Waals surface area contributed by atoms with Crippen molar-refractivity contribution in [3.63, 3.8) is 0 Å². The Morgan fingerprint density at radius 1 is 1.22 bits per heavy atom. The highest BCUT2D eigenvalue weighted by Gasteiger charge is 2.11. The highest BCUT2D eigenvalue weighted by Crippen LogP contribution is 2.31. The van der Waals surface area contributed by atoms with Crippen LogP contribution in [0, 0.1) is 11.3 Å². The first kappa shape index (κ1) is 16.1. The fourth-order valence-corrected chi connectivity index (χ4v) is 2.08. The van der Waals surface area contributed by atoms with E-state index in [0.717, 1.165) is 11.1 Å². The van der Waals surface area contributed by atoms with Crippen LogP contribution in [0.25, 0.3) is 16.8 Å². The van der Waals surface area contributed by atoms with Crippen LogP contribution in [-0.2, 0) is 0 Å². The molecule has 0 saturated carbocycles. The first-order valence-electron chi connectivity index (χ1n) is 6.70. The van der Waals surface area contributed by atoms with Crippen molar-refractivity contribution in [3.8, 4) is 29.0 Å². The van der Waals surface area contributed by atoms with Gasteiger partial charge in [-0.3, -0.25) is 0 Å². The number of ether oxygens (including phenoxy) is 2. The summed E-state index contributed by atoms with van der Waals surface area (Å²) in [4.78, 5) is 4.26. The minimum absolute atomic E-state index is 0.0990. The second-order valence-electron chi connectivity index (χ2n) is 4.54. The molecule has 118 valence electrons. The number of methoxy groups -OCH3 is 2. The van der Waals surface area contributed by atoms with Crippen molar-refractivity contribution in [2.45, 2.75) is 0 Å². The van der Waals surface area contributed by atoms with Crippen LogP contribution in [0.4, 0.5) is 0 Å². The van der Waals surface area contributed by atoms with E-state index in [1.54, 1.807) is 12.1 Å². The topological polar surface area (TPSA) is 119 Å². The van der Waals surface area contributed by atoms with Crippen LogP contribution in [0.2, 0.25) is 0 Å². The Morgan fingerprint density at radius 2 is 2.00 bits per heavy atom. The third-order valence-electron chi connectivity index (χ3n) is 3.25. The van der Waals surface area contributed by atoms with E-state index in [1.807, 2.05) is 30.3 Å². The molecule has 1 heterocycles. The van der Waals surface area contributed by atoms with Crippen LogP contribution in [0.5, 0.6) is 11.8 Å². The van der Waals surface area contributed by atoms with Crippen LogP contribution >= 0.6 is 0 Å². The van der Waals surface area contributed by atoms with Crippen LogP contribution in [-0.4, -0.2) is 19.2 Å². The van der Waals surface area contributed by atoms with E-state index in [4.69, 9.17) is 26.3 Å². The number of nitrogens with one attached hydrogen (secondary N) is 1. The summed E-state index contributed by atoms with van der Waals surface area (Å²) in [5, 5.41) is 9.01. The summed E-state index contributed by atoms with van der Waals surface area (Å²) in [5.74, 6) is 6.18. The number of allylic oxidation sites excluding steroid dienone is 1. The van der Waals surface area contributed by atoms with Crippen molar-refractivity contribution in [2.24, 2.45) is 11.6 Å². The van der Waals surface area contributed by atoms with E-state index in [0.29, 0.717) is 17.3 Å². The molecule has 0 spiro atoms. The fourth-order valence-electron chi connectivity index (χ4n) is 2.08. The van der Waals surface area contributed by atoms with E-state index >= 15 is 0 Å². The summed E-state index contributed by atoms with van der Waals surface area (Å²) in [6.07, 6.45) is 0. The molecule has 0 atom stereocenters. The van der Waals surface area contributed by atoms with Gasteiger partial charge in [0.25, 0.3) is 0 Å². The first-order chi connectivity index (χ1) is 11.1. The quantitative estimate of drug-likeness (QED) is 0.433. The summed E-state index contributed by atoms with van der Waals surface area (Å²) >= 11 is 0. The summed E-state index contributed by atoms with van der Waals surface area (Å²) in [7, 11) is 3.08. The number of hydrogen-bond acceptors (Lipinski definition) is 7. The van der Waals surface area contributed by atoms with Gasteiger partial charge in [0.15, 0.2) is 5.70 Å². The average Bonchev–Trinajstić information content (AvgIpc) is 2.62. The molecule has 0 aliphatic rings. The molecule has 5 N–H and O–H groups in total. The molecule has 1 aromatic carbocycles. The van der Waals surface area contributed by atoms with Gasteiger partial charge in [0.1, 0.15) is 6.07 Å². The number of nitrogens with two attached hydrogens (primary N) is 2. The Hall–Kier alpha value is -3.24. The van der Waals surface area contributed by atoms with E-state index in [2.05, 4.69) is 10.4 Å². The molecule has 0 amide bonds. The van der Waals surface area contributed by atoms with Gasteiger partial charge in [-0.25, -0.2) is 5.84 Å². The second kappa shape index (κ2) is 7.15. The monoisotopic (exact) mass is 311 g/mol. The van der Waals surface area contributed by atoms with Crippen molar-refractivity contribution in [3.05, 3.63) is 47.7 Å². The molecular formula is C16H17N5O2. The van der Waals surface area contributed by atoms with E-state index < -0.39 is 0 Å². The van der Waals surface area contributed by atoms with Gasteiger partial charge in [-0.2, -0.15) is 10.2 Å². The van der Waals surface area contributed by atoms with E-state index in [9.17, 15) is 0 Å². The third kappa shape index (κ3) is 3.33. The van der Waals surface area contributed by atoms with E-state index in [1.165, 1.54) is 14.2 Å². The molecule has 2 rings (SSSR count). The molecule has 0 fully saturated rings. The highest BCUT2D eigenvalue weighted by molar-refractivity contribution is 5.76. The van der Waals surface area contributed by atoms with Crippen LogP contribution in [0.15, 0.2) is 42.1 Å². The lowest BCUT2D eigenvalue weighted by Gasteiger charge is -2.11. The largest absolute Gasteiger partial charge is 0.481 e. The predicted molar refractivity (Wildman–Crippen MR) is 86.8 cm³/mol. The molecule has 0 bridgehead atoms. The number of aromatic nitrogens is 1. The second-order valence-corrected chi connectivity index (χ2v) is 4.54. The normalized spacial score (nSPS) is 11.2. The van der Waals surface area contributed by atoms with Crippen LogP contribution in [0.3, 0.4) is 0 Å². The summed E-state index contributed by atoms with van der Waals surface area (Å²) in [5.41, 5.74) is 10.9. The number of rotatable bonds is 5. The van der Waals surface area contributed by atoms with Gasteiger partial charge in [-0.05, 0) is 17.7 Å². The molecule has 0 saturated heterocycles. The lowest BCUT2D eigenvalue weighted by atomic mass is 10.0. The van der Waals surface area contributed by atoms with Crippen molar-refractivity contribution < 1.29 is 9.47 Å². The zero-order chi connectivity index (χ0) is 16.8. The summed E-state index contributed by atoms with van der Waals surface area (Å²) in [6, 6.07) is 12.8. The molecule has 0 unspecified atom stereocenters. The lowest BCUT2D eigenvalue weighted by molar-refractivity contribution is 0.366. The molecule has 0 aliphatic heterocycles. The Bertz CT molecular complexity index is 780.